The van der Waals surface area contributed by atoms with E-state index >= 15 is 0 Å². The average Bonchev–Trinajstić information content (AvgIpc) is 3.04. The minimum absolute atomic E-state index is 0.858. The van der Waals surface area contributed by atoms with Gasteiger partial charge in [-0.15, -0.1) is 0 Å². The first-order valence-corrected chi connectivity index (χ1v) is 6.04. The van der Waals surface area contributed by atoms with Crippen LogP contribution in [0.5, 0.6) is 0 Å². The number of aromatic amines is 1. The van der Waals surface area contributed by atoms with Crippen molar-refractivity contribution < 1.29 is 4.42 Å². The summed E-state index contributed by atoms with van der Waals surface area (Å²) in [7, 11) is 1.91. The fourth-order valence-corrected chi connectivity index (χ4v) is 2.03. The zero-order valence-corrected chi connectivity index (χ0v) is 10.2. The number of nitrogens with one attached hydrogen (secondary N) is 2. The Balaban J connectivity index is 1.80. The van der Waals surface area contributed by atoms with Gasteiger partial charge < -0.3 is 14.7 Å². The Labute approximate surface area is 105 Å². The highest BCUT2D eigenvalue weighted by molar-refractivity contribution is 5.79. The Bertz CT molecular complexity index is 640. The van der Waals surface area contributed by atoms with Gasteiger partial charge in [0.15, 0.2) is 0 Å². The average molecular weight is 241 g/mol. The fraction of sp³-hybridized carbons (Fsp3) is 0.214. The van der Waals surface area contributed by atoms with Crippen LogP contribution in [0.2, 0.25) is 0 Å². The van der Waals surface area contributed by atoms with Crippen LogP contribution < -0.4 is 5.32 Å². The highest BCUT2D eigenvalue weighted by Crippen LogP contribution is 2.17. The number of furan rings is 1. The second-order valence-corrected chi connectivity index (χ2v) is 4.24. The molecule has 0 spiro atoms. The number of anilines is 1. The van der Waals surface area contributed by atoms with Crippen molar-refractivity contribution in [3.8, 4) is 0 Å². The highest BCUT2D eigenvalue weighted by atomic mass is 16.3. The first-order chi connectivity index (χ1) is 8.85. The van der Waals surface area contributed by atoms with Crippen molar-refractivity contribution in [1.82, 2.24) is 9.97 Å². The Hall–Kier alpha value is -2.23. The lowest BCUT2D eigenvalue weighted by molar-refractivity contribution is 0.507. The van der Waals surface area contributed by atoms with Crippen molar-refractivity contribution in [2.24, 2.45) is 0 Å². The fourth-order valence-electron chi connectivity index (χ4n) is 2.03. The second kappa shape index (κ2) is 4.56. The van der Waals surface area contributed by atoms with E-state index in [1.165, 1.54) is 0 Å². The molecule has 4 nitrogen and oxygen atoms in total. The molecule has 2 heterocycles. The Morgan fingerprint density at radius 2 is 2.22 bits per heavy atom. The summed E-state index contributed by atoms with van der Waals surface area (Å²) >= 11 is 0. The molecular weight excluding hydrogens is 226 g/mol. The first-order valence-electron chi connectivity index (χ1n) is 6.04. The summed E-state index contributed by atoms with van der Waals surface area (Å²) in [4.78, 5) is 7.90. The molecule has 3 aromatic rings. The van der Waals surface area contributed by atoms with E-state index in [1.54, 1.807) is 6.26 Å². The van der Waals surface area contributed by atoms with Crippen molar-refractivity contribution >= 4 is 16.7 Å². The summed E-state index contributed by atoms with van der Waals surface area (Å²) in [6, 6.07) is 10.0. The van der Waals surface area contributed by atoms with Crippen LogP contribution in [0.4, 0.5) is 5.69 Å². The van der Waals surface area contributed by atoms with Crippen molar-refractivity contribution in [2.45, 2.75) is 12.8 Å². The standard InChI is InChI=1S/C14H15N3O/c1-15-10-4-6-12-13(9-10)17-14(16-12)7-5-11-3-2-8-18-11/h2-4,6,8-9,15H,5,7H2,1H3,(H,16,17). The molecule has 1 aromatic carbocycles. The summed E-state index contributed by atoms with van der Waals surface area (Å²) in [5.74, 6) is 1.99. The van der Waals surface area contributed by atoms with E-state index in [4.69, 9.17) is 4.42 Å². The number of aromatic nitrogens is 2. The Kier molecular flexibility index (Phi) is 2.76. The van der Waals surface area contributed by atoms with E-state index in [0.29, 0.717) is 0 Å². The third-order valence-corrected chi connectivity index (χ3v) is 3.01. The predicted molar refractivity (Wildman–Crippen MR) is 71.8 cm³/mol. The number of benzene rings is 1. The maximum atomic E-state index is 5.31. The minimum atomic E-state index is 0.858. The van der Waals surface area contributed by atoms with Gasteiger partial charge in [0.2, 0.25) is 0 Å². The highest BCUT2D eigenvalue weighted by Gasteiger charge is 2.04. The lowest BCUT2D eigenvalue weighted by Gasteiger charge is -1.97. The molecule has 3 rings (SSSR count). The predicted octanol–water partition coefficient (Wildman–Crippen LogP) is 2.98. The normalized spacial score (nSPS) is 10.9. The van der Waals surface area contributed by atoms with Crippen LogP contribution in [0.1, 0.15) is 11.6 Å². The van der Waals surface area contributed by atoms with E-state index in [2.05, 4.69) is 21.4 Å². The van der Waals surface area contributed by atoms with Crippen LogP contribution in [0, 0.1) is 0 Å². The van der Waals surface area contributed by atoms with Gasteiger partial charge >= 0.3 is 0 Å². The lowest BCUT2D eigenvalue weighted by Crippen LogP contribution is -1.91. The first kappa shape index (κ1) is 10.9. The van der Waals surface area contributed by atoms with E-state index in [0.717, 1.165) is 41.1 Å². The summed E-state index contributed by atoms with van der Waals surface area (Å²) in [6.45, 7) is 0. The van der Waals surface area contributed by atoms with Gasteiger partial charge in [-0.25, -0.2) is 4.98 Å². The molecule has 0 bridgehead atoms. The summed E-state index contributed by atoms with van der Waals surface area (Å²) in [5, 5.41) is 3.12. The molecule has 0 unspecified atom stereocenters. The van der Waals surface area contributed by atoms with E-state index in [-0.39, 0.29) is 0 Å². The molecular formula is C14H15N3O. The van der Waals surface area contributed by atoms with Gasteiger partial charge in [0.05, 0.1) is 17.3 Å². The summed E-state index contributed by atoms with van der Waals surface area (Å²) in [6.07, 6.45) is 3.43. The second-order valence-electron chi connectivity index (χ2n) is 4.24. The zero-order chi connectivity index (χ0) is 12.4. The van der Waals surface area contributed by atoms with E-state index in [1.807, 2.05) is 31.3 Å². The molecule has 0 fully saturated rings. The largest absolute Gasteiger partial charge is 0.469 e. The molecule has 0 radical (unpaired) electrons. The molecule has 0 saturated carbocycles. The molecule has 0 aliphatic rings. The molecule has 92 valence electrons. The van der Waals surface area contributed by atoms with Gasteiger partial charge in [0, 0.05) is 25.6 Å². The SMILES string of the molecule is CNc1ccc2nc(CCc3ccco3)[nH]c2c1. The van der Waals surface area contributed by atoms with Gasteiger partial charge in [-0.2, -0.15) is 0 Å². The van der Waals surface area contributed by atoms with Crippen LogP contribution in [-0.4, -0.2) is 17.0 Å². The van der Waals surface area contributed by atoms with Crippen molar-refractivity contribution in [3.05, 3.63) is 48.2 Å². The molecule has 0 saturated heterocycles. The van der Waals surface area contributed by atoms with Crippen LogP contribution in [-0.2, 0) is 12.8 Å². The molecule has 0 aliphatic carbocycles. The molecule has 2 aromatic heterocycles. The van der Waals surface area contributed by atoms with Gasteiger partial charge in [0.25, 0.3) is 0 Å². The molecule has 18 heavy (non-hydrogen) atoms. The van der Waals surface area contributed by atoms with Gasteiger partial charge in [-0.1, -0.05) is 0 Å². The minimum Gasteiger partial charge on any atom is -0.469 e. The number of hydrogen-bond donors (Lipinski definition) is 2. The lowest BCUT2D eigenvalue weighted by atomic mass is 10.2. The van der Waals surface area contributed by atoms with E-state index in [9.17, 15) is 0 Å². The number of H-pyrrole nitrogens is 1. The Morgan fingerprint density at radius 1 is 1.28 bits per heavy atom. The summed E-state index contributed by atoms with van der Waals surface area (Å²) in [5.41, 5.74) is 3.16. The Morgan fingerprint density at radius 3 is 3.00 bits per heavy atom. The number of fused-ring (bicyclic) bond motifs is 1. The molecule has 0 amide bonds. The van der Waals surface area contributed by atoms with Crippen LogP contribution in [0.3, 0.4) is 0 Å². The molecule has 0 aliphatic heterocycles. The quantitative estimate of drug-likeness (QED) is 0.738. The number of hydrogen-bond acceptors (Lipinski definition) is 3. The topological polar surface area (TPSA) is 53.9 Å². The monoisotopic (exact) mass is 241 g/mol. The van der Waals surface area contributed by atoms with Crippen molar-refractivity contribution in [2.75, 3.05) is 12.4 Å². The maximum Gasteiger partial charge on any atom is 0.107 e. The molecule has 0 atom stereocenters. The smallest absolute Gasteiger partial charge is 0.107 e. The molecule has 4 heteroatoms. The van der Waals surface area contributed by atoms with Crippen molar-refractivity contribution in [1.29, 1.82) is 0 Å². The van der Waals surface area contributed by atoms with Gasteiger partial charge in [-0.05, 0) is 30.3 Å². The third-order valence-electron chi connectivity index (χ3n) is 3.01. The molecule has 2 N–H and O–H groups in total. The maximum absolute atomic E-state index is 5.31. The van der Waals surface area contributed by atoms with Crippen molar-refractivity contribution in [3.63, 3.8) is 0 Å². The third kappa shape index (κ3) is 2.09. The van der Waals surface area contributed by atoms with Crippen LogP contribution >= 0.6 is 0 Å². The van der Waals surface area contributed by atoms with Gasteiger partial charge in [-0.3, -0.25) is 0 Å². The van der Waals surface area contributed by atoms with Crippen LogP contribution in [0.25, 0.3) is 11.0 Å². The zero-order valence-electron chi connectivity index (χ0n) is 10.2. The van der Waals surface area contributed by atoms with Gasteiger partial charge in [0.1, 0.15) is 11.6 Å². The number of rotatable bonds is 4. The van der Waals surface area contributed by atoms with Crippen LogP contribution in [0.15, 0.2) is 41.0 Å². The number of nitrogens with zero attached hydrogens (tertiary/aromatic N) is 1. The number of aryl methyl sites for hydroxylation is 2. The summed E-state index contributed by atoms with van der Waals surface area (Å²) < 4.78 is 5.31. The number of imidazole rings is 1. The van der Waals surface area contributed by atoms with E-state index < -0.39 is 0 Å².